The minimum Gasteiger partial charge on any atom is -0.495 e. The van der Waals surface area contributed by atoms with Crippen molar-refractivity contribution in [2.45, 2.75) is 0 Å². The van der Waals surface area contributed by atoms with E-state index in [1.54, 1.807) is 18.2 Å². The van der Waals surface area contributed by atoms with Gasteiger partial charge in [0.2, 0.25) is 5.91 Å². The molecular weight excluding hydrogens is 260 g/mol. The van der Waals surface area contributed by atoms with Crippen molar-refractivity contribution in [1.82, 2.24) is 5.32 Å². The second-order valence-electron chi connectivity index (χ2n) is 3.24. The van der Waals surface area contributed by atoms with Gasteiger partial charge in [0, 0.05) is 5.02 Å². The molecule has 0 aliphatic rings. The number of carbonyl (C=O) groups is 2. The molecule has 0 aliphatic heterocycles. The van der Waals surface area contributed by atoms with Crippen LogP contribution in [0.3, 0.4) is 0 Å². The molecule has 2 N–H and O–H groups in total. The zero-order chi connectivity index (χ0) is 13.5. The third kappa shape index (κ3) is 4.14. The molecule has 1 aromatic rings. The largest absolute Gasteiger partial charge is 0.495 e. The summed E-state index contributed by atoms with van der Waals surface area (Å²) < 4.78 is 9.40. The maximum Gasteiger partial charge on any atom is 0.407 e. The number of hydrogen-bond donors (Lipinski definition) is 2. The molecule has 0 heterocycles. The van der Waals surface area contributed by atoms with E-state index in [4.69, 9.17) is 16.3 Å². The molecule has 6 nitrogen and oxygen atoms in total. The molecule has 0 radical (unpaired) electrons. The summed E-state index contributed by atoms with van der Waals surface area (Å²) in [6, 6.07) is 4.82. The lowest BCUT2D eigenvalue weighted by Gasteiger charge is -2.10. The Hall–Kier alpha value is -1.95. The van der Waals surface area contributed by atoms with Gasteiger partial charge in [0.1, 0.15) is 12.3 Å². The Morgan fingerprint density at radius 1 is 1.33 bits per heavy atom. The highest BCUT2D eigenvalue weighted by molar-refractivity contribution is 6.31. The standard InChI is InChI=1S/C11H13ClN2O4/c1-17-9-4-3-7(12)5-8(9)14-10(15)6-13-11(16)18-2/h3-5H,6H2,1-2H3,(H,13,16)(H,14,15). The first-order valence-electron chi connectivity index (χ1n) is 5.02. The van der Waals surface area contributed by atoms with E-state index in [9.17, 15) is 9.59 Å². The van der Waals surface area contributed by atoms with Gasteiger partial charge in [-0.3, -0.25) is 4.79 Å². The van der Waals surface area contributed by atoms with Crippen molar-refractivity contribution in [3.8, 4) is 5.75 Å². The van der Waals surface area contributed by atoms with Crippen molar-refractivity contribution in [3.63, 3.8) is 0 Å². The van der Waals surface area contributed by atoms with Gasteiger partial charge in [-0.1, -0.05) is 11.6 Å². The van der Waals surface area contributed by atoms with Crippen molar-refractivity contribution < 1.29 is 19.1 Å². The molecule has 1 rings (SSSR count). The third-order valence-corrected chi connectivity index (χ3v) is 2.25. The zero-order valence-corrected chi connectivity index (χ0v) is 10.7. The molecule has 0 bridgehead atoms. The van der Waals surface area contributed by atoms with Gasteiger partial charge in [-0.2, -0.15) is 0 Å². The maximum atomic E-state index is 11.5. The maximum absolute atomic E-state index is 11.5. The fourth-order valence-corrected chi connectivity index (χ4v) is 1.37. The second-order valence-corrected chi connectivity index (χ2v) is 3.67. The molecule has 18 heavy (non-hydrogen) atoms. The molecule has 0 aliphatic carbocycles. The molecule has 0 unspecified atom stereocenters. The predicted octanol–water partition coefficient (Wildman–Crippen LogP) is 1.64. The summed E-state index contributed by atoms with van der Waals surface area (Å²) in [6.07, 6.45) is -0.678. The number of carbonyl (C=O) groups excluding carboxylic acids is 2. The Labute approximate surface area is 109 Å². The van der Waals surface area contributed by atoms with Crippen molar-refractivity contribution in [2.24, 2.45) is 0 Å². The lowest BCUT2D eigenvalue weighted by atomic mass is 10.3. The van der Waals surface area contributed by atoms with Crippen LogP contribution in [0.5, 0.6) is 5.75 Å². The van der Waals surface area contributed by atoms with Gasteiger partial charge in [-0.05, 0) is 18.2 Å². The van der Waals surface area contributed by atoms with Crippen LogP contribution >= 0.6 is 11.6 Å². The van der Waals surface area contributed by atoms with Crippen molar-refractivity contribution in [1.29, 1.82) is 0 Å². The van der Waals surface area contributed by atoms with Gasteiger partial charge >= 0.3 is 6.09 Å². The van der Waals surface area contributed by atoms with Crippen LogP contribution in [-0.2, 0) is 9.53 Å². The highest BCUT2D eigenvalue weighted by Crippen LogP contribution is 2.27. The first-order chi connectivity index (χ1) is 8.56. The van der Waals surface area contributed by atoms with E-state index < -0.39 is 12.0 Å². The first-order valence-corrected chi connectivity index (χ1v) is 5.40. The Kier molecular flexibility index (Phi) is 5.26. The minimum absolute atomic E-state index is 0.206. The summed E-state index contributed by atoms with van der Waals surface area (Å²) in [5.41, 5.74) is 0.432. The average molecular weight is 273 g/mol. The van der Waals surface area contributed by atoms with Crippen LogP contribution in [0.15, 0.2) is 18.2 Å². The molecule has 98 valence electrons. The van der Waals surface area contributed by atoms with E-state index in [0.29, 0.717) is 16.5 Å². The third-order valence-electron chi connectivity index (χ3n) is 2.01. The highest BCUT2D eigenvalue weighted by Gasteiger charge is 2.09. The smallest absolute Gasteiger partial charge is 0.407 e. The lowest BCUT2D eigenvalue weighted by molar-refractivity contribution is -0.115. The van der Waals surface area contributed by atoms with Gasteiger partial charge < -0.3 is 20.1 Å². The summed E-state index contributed by atoms with van der Waals surface area (Å²) in [6.45, 7) is -0.206. The Balaban J connectivity index is 2.63. The zero-order valence-electron chi connectivity index (χ0n) is 9.95. The summed E-state index contributed by atoms with van der Waals surface area (Å²) in [5.74, 6) is 0.0618. The molecule has 0 saturated carbocycles. The van der Waals surface area contributed by atoms with Crippen LogP contribution in [0, 0.1) is 0 Å². The van der Waals surface area contributed by atoms with Gasteiger partial charge in [-0.15, -0.1) is 0 Å². The molecule has 0 aromatic heterocycles. The Morgan fingerprint density at radius 2 is 2.06 bits per heavy atom. The second kappa shape index (κ2) is 6.70. The van der Waals surface area contributed by atoms with Crippen LogP contribution in [0.4, 0.5) is 10.5 Å². The normalized spacial score (nSPS) is 9.50. The molecule has 7 heteroatoms. The Morgan fingerprint density at radius 3 is 2.67 bits per heavy atom. The van der Waals surface area contributed by atoms with Crippen LogP contribution in [0.2, 0.25) is 5.02 Å². The average Bonchev–Trinajstić information content (AvgIpc) is 2.36. The molecule has 2 amide bonds. The van der Waals surface area contributed by atoms with E-state index >= 15 is 0 Å². The van der Waals surface area contributed by atoms with E-state index in [-0.39, 0.29) is 6.54 Å². The van der Waals surface area contributed by atoms with Crippen LogP contribution in [0.1, 0.15) is 0 Å². The summed E-state index contributed by atoms with van der Waals surface area (Å²) in [7, 11) is 2.69. The van der Waals surface area contributed by atoms with Gasteiger partial charge in [0.05, 0.1) is 19.9 Å². The highest BCUT2D eigenvalue weighted by atomic mass is 35.5. The number of halogens is 1. The number of benzene rings is 1. The SMILES string of the molecule is COC(=O)NCC(=O)Nc1cc(Cl)ccc1OC. The molecule has 0 spiro atoms. The quantitative estimate of drug-likeness (QED) is 0.874. The van der Waals surface area contributed by atoms with Gasteiger partial charge in [0.25, 0.3) is 0 Å². The minimum atomic E-state index is -0.678. The van der Waals surface area contributed by atoms with E-state index in [1.165, 1.54) is 14.2 Å². The van der Waals surface area contributed by atoms with Crippen molar-refractivity contribution >= 4 is 29.3 Å². The number of nitrogens with one attached hydrogen (secondary N) is 2. The van der Waals surface area contributed by atoms with Crippen molar-refractivity contribution in [2.75, 3.05) is 26.1 Å². The lowest BCUT2D eigenvalue weighted by Crippen LogP contribution is -2.32. The number of methoxy groups -OCH3 is 2. The monoisotopic (exact) mass is 272 g/mol. The number of alkyl carbamates (subject to hydrolysis) is 1. The summed E-state index contributed by atoms with van der Waals surface area (Å²) >= 11 is 5.81. The van der Waals surface area contributed by atoms with E-state index in [0.717, 1.165) is 0 Å². The first kappa shape index (κ1) is 14.1. The van der Waals surface area contributed by atoms with Crippen LogP contribution < -0.4 is 15.4 Å². The number of ether oxygens (including phenoxy) is 2. The van der Waals surface area contributed by atoms with E-state index in [2.05, 4.69) is 15.4 Å². The van der Waals surface area contributed by atoms with Crippen molar-refractivity contribution in [3.05, 3.63) is 23.2 Å². The number of anilines is 1. The summed E-state index contributed by atoms with van der Waals surface area (Å²) in [4.78, 5) is 22.3. The number of amides is 2. The fraction of sp³-hybridized carbons (Fsp3) is 0.273. The summed E-state index contributed by atoms with van der Waals surface area (Å²) in [5, 5.41) is 5.29. The van der Waals surface area contributed by atoms with E-state index in [1.807, 2.05) is 0 Å². The number of hydrogen-bond acceptors (Lipinski definition) is 4. The number of rotatable bonds is 4. The Bertz CT molecular complexity index is 451. The molecular formula is C11H13ClN2O4. The molecule has 1 aromatic carbocycles. The van der Waals surface area contributed by atoms with Gasteiger partial charge in [-0.25, -0.2) is 4.79 Å². The fourth-order valence-electron chi connectivity index (χ4n) is 1.20. The predicted molar refractivity (Wildman–Crippen MR) is 67.0 cm³/mol. The van der Waals surface area contributed by atoms with Crippen LogP contribution in [0.25, 0.3) is 0 Å². The molecule has 0 atom stereocenters. The van der Waals surface area contributed by atoms with Crippen LogP contribution in [-0.4, -0.2) is 32.8 Å². The molecule has 0 fully saturated rings. The topological polar surface area (TPSA) is 76.7 Å². The molecule has 0 saturated heterocycles. The van der Waals surface area contributed by atoms with Gasteiger partial charge in [0.15, 0.2) is 0 Å².